The Morgan fingerprint density at radius 2 is 1.74 bits per heavy atom. The van der Waals surface area contributed by atoms with Gasteiger partial charge in [-0.05, 0) is 23.0 Å². The first-order valence-electron chi connectivity index (χ1n) is 7.21. The monoisotopic (exact) mass is 264 g/mol. The molecule has 1 atom stereocenters. The molecule has 0 saturated carbocycles. The van der Waals surface area contributed by atoms with Crippen LogP contribution in [0.25, 0.3) is 0 Å². The molecule has 0 heterocycles. The van der Waals surface area contributed by atoms with Crippen molar-refractivity contribution in [1.82, 2.24) is 0 Å². The van der Waals surface area contributed by atoms with Crippen molar-refractivity contribution in [2.24, 2.45) is 5.92 Å². The number of benzene rings is 1. The molecular formula is C17H28O2. The van der Waals surface area contributed by atoms with Gasteiger partial charge in [-0.1, -0.05) is 59.6 Å². The highest BCUT2D eigenvalue weighted by Gasteiger charge is 2.23. The van der Waals surface area contributed by atoms with Gasteiger partial charge in [0.2, 0.25) is 0 Å². The molecule has 1 aromatic carbocycles. The molecule has 0 amide bonds. The maximum Gasteiger partial charge on any atom is 0.124 e. The third-order valence-electron chi connectivity index (χ3n) is 3.91. The Kier molecular flexibility index (Phi) is 5.42. The fourth-order valence-electron chi connectivity index (χ4n) is 2.41. The van der Waals surface area contributed by atoms with Gasteiger partial charge in [-0.3, -0.25) is 0 Å². The number of rotatable bonds is 5. The summed E-state index contributed by atoms with van der Waals surface area (Å²) in [5, 5.41) is 10.5. The highest BCUT2D eigenvalue weighted by atomic mass is 16.5. The normalized spacial score (nSPS) is 13.7. The minimum Gasteiger partial charge on any atom is -0.496 e. The van der Waals surface area contributed by atoms with Gasteiger partial charge >= 0.3 is 0 Å². The topological polar surface area (TPSA) is 29.5 Å². The molecule has 0 aromatic heterocycles. The van der Waals surface area contributed by atoms with Crippen LogP contribution in [0.5, 0.6) is 5.75 Å². The summed E-state index contributed by atoms with van der Waals surface area (Å²) in [6.07, 6.45) is 1.50. The molecule has 0 saturated heterocycles. The molecule has 0 spiro atoms. The quantitative estimate of drug-likeness (QED) is 0.850. The second kappa shape index (κ2) is 6.42. The second-order valence-electron chi connectivity index (χ2n) is 6.23. The summed E-state index contributed by atoms with van der Waals surface area (Å²) < 4.78 is 5.48. The van der Waals surface area contributed by atoms with Crippen LogP contribution in [0.1, 0.15) is 64.7 Å². The summed E-state index contributed by atoms with van der Waals surface area (Å²) in [4.78, 5) is 0. The minimum atomic E-state index is -0.445. The molecule has 0 aliphatic carbocycles. The SMILES string of the molecule is CCC(CC)C(O)c1ccc(C(C)(C)C)cc1OC. The van der Waals surface area contributed by atoms with Crippen LogP contribution in [0, 0.1) is 5.92 Å². The van der Waals surface area contributed by atoms with E-state index in [9.17, 15) is 5.11 Å². The van der Waals surface area contributed by atoms with Gasteiger partial charge in [-0.25, -0.2) is 0 Å². The lowest BCUT2D eigenvalue weighted by Crippen LogP contribution is -2.15. The first kappa shape index (κ1) is 16.0. The van der Waals surface area contributed by atoms with E-state index in [1.54, 1.807) is 7.11 Å². The Morgan fingerprint density at radius 1 is 1.16 bits per heavy atom. The average molecular weight is 264 g/mol. The standard InChI is InChI=1S/C17H28O2/c1-7-12(8-2)16(18)14-10-9-13(17(3,4)5)11-15(14)19-6/h9-12,16,18H,7-8H2,1-6H3. The first-order chi connectivity index (χ1) is 8.85. The average Bonchev–Trinajstić information content (AvgIpc) is 2.38. The fourth-order valence-corrected chi connectivity index (χ4v) is 2.41. The number of ether oxygens (including phenoxy) is 1. The van der Waals surface area contributed by atoms with Gasteiger partial charge in [-0.15, -0.1) is 0 Å². The molecule has 2 heteroatoms. The lowest BCUT2D eigenvalue weighted by atomic mass is 9.84. The highest BCUT2D eigenvalue weighted by molar-refractivity contribution is 5.41. The van der Waals surface area contributed by atoms with Crippen LogP contribution < -0.4 is 4.74 Å². The largest absolute Gasteiger partial charge is 0.496 e. The summed E-state index contributed by atoms with van der Waals surface area (Å²) in [7, 11) is 1.67. The van der Waals surface area contributed by atoms with Crippen molar-refractivity contribution < 1.29 is 9.84 Å². The van der Waals surface area contributed by atoms with Gasteiger partial charge in [0.25, 0.3) is 0 Å². The van der Waals surface area contributed by atoms with Gasteiger partial charge < -0.3 is 9.84 Å². The number of aliphatic hydroxyl groups is 1. The first-order valence-corrected chi connectivity index (χ1v) is 7.21. The third-order valence-corrected chi connectivity index (χ3v) is 3.91. The van der Waals surface area contributed by atoms with Crippen molar-refractivity contribution in [3.63, 3.8) is 0 Å². The molecule has 1 unspecified atom stereocenters. The molecular weight excluding hydrogens is 236 g/mol. The zero-order valence-electron chi connectivity index (χ0n) is 13.2. The molecule has 0 fully saturated rings. The summed E-state index contributed by atoms with van der Waals surface area (Å²) in [6.45, 7) is 10.8. The van der Waals surface area contributed by atoms with Gasteiger partial charge in [0.05, 0.1) is 13.2 Å². The molecule has 108 valence electrons. The van der Waals surface area contributed by atoms with Crippen LogP contribution >= 0.6 is 0 Å². The zero-order valence-corrected chi connectivity index (χ0v) is 13.2. The van der Waals surface area contributed by atoms with E-state index in [1.807, 2.05) is 6.07 Å². The Labute approximate surface area is 117 Å². The van der Waals surface area contributed by atoms with Gasteiger partial charge in [0.1, 0.15) is 5.75 Å². The maximum atomic E-state index is 10.5. The highest BCUT2D eigenvalue weighted by Crippen LogP contribution is 2.36. The van der Waals surface area contributed by atoms with Crippen LogP contribution in [0.15, 0.2) is 18.2 Å². The van der Waals surface area contributed by atoms with Crippen LogP contribution in [-0.4, -0.2) is 12.2 Å². The molecule has 19 heavy (non-hydrogen) atoms. The van der Waals surface area contributed by atoms with E-state index in [2.05, 4.69) is 46.8 Å². The van der Waals surface area contributed by atoms with Crippen molar-refractivity contribution in [2.45, 2.75) is 59.0 Å². The molecule has 1 aromatic rings. The molecule has 2 nitrogen and oxygen atoms in total. The molecule has 0 aliphatic rings. The second-order valence-corrected chi connectivity index (χ2v) is 6.23. The minimum absolute atomic E-state index is 0.0890. The van der Waals surface area contributed by atoms with E-state index in [1.165, 1.54) is 5.56 Å². The Hall–Kier alpha value is -1.02. The lowest BCUT2D eigenvalue weighted by molar-refractivity contribution is 0.100. The predicted molar refractivity (Wildman–Crippen MR) is 80.7 cm³/mol. The van der Waals surface area contributed by atoms with E-state index < -0.39 is 6.10 Å². The molecule has 0 radical (unpaired) electrons. The predicted octanol–water partition coefficient (Wildman–Crippen LogP) is 4.46. The Bertz CT molecular complexity index is 400. The number of hydrogen-bond acceptors (Lipinski definition) is 2. The molecule has 0 aliphatic heterocycles. The summed E-state index contributed by atoms with van der Waals surface area (Å²) in [6, 6.07) is 6.17. The maximum absolute atomic E-state index is 10.5. The van der Waals surface area contributed by atoms with Crippen LogP contribution in [0.4, 0.5) is 0 Å². The van der Waals surface area contributed by atoms with Gasteiger partial charge in [0, 0.05) is 5.56 Å². The van der Waals surface area contributed by atoms with Crippen molar-refractivity contribution in [2.75, 3.05) is 7.11 Å². The van der Waals surface area contributed by atoms with Crippen molar-refractivity contribution in [1.29, 1.82) is 0 Å². The van der Waals surface area contributed by atoms with E-state index >= 15 is 0 Å². The number of methoxy groups -OCH3 is 1. The van der Waals surface area contributed by atoms with E-state index in [-0.39, 0.29) is 11.3 Å². The van der Waals surface area contributed by atoms with E-state index in [0.29, 0.717) is 0 Å². The zero-order chi connectivity index (χ0) is 14.6. The van der Waals surface area contributed by atoms with Crippen LogP contribution in [0.3, 0.4) is 0 Å². The van der Waals surface area contributed by atoms with Gasteiger partial charge in [-0.2, -0.15) is 0 Å². The molecule has 0 bridgehead atoms. The number of hydrogen-bond donors (Lipinski definition) is 1. The summed E-state index contributed by atoms with van der Waals surface area (Å²) in [5.74, 6) is 1.08. The third kappa shape index (κ3) is 3.73. The lowest BCUT2D eigenvalue weighted by Gasteiger charge is -2.25. The van der Waals surface area contributed by atoms with E-state index in [0.717, 1.165) is 24.2 Å². The molecule has 1 rings (SSSR count). The summed E-state index contributed by atoms with van der Waals surface area (Å²) >= 11 is 0. The van der Waals surface area contributed by atoms with Crippen molar-refractivity contribution in [3.05, 3.63) is 29.3 Å². The Morgan fingerprint density at radius 3 is 2.16 bits per heavy atom. The van der Waals surface area contributed by atoms with Crippen molar-refractivity contribution >= 4 is 0 Å². The Balaban J connectivity index is 3.15. The molecule has 1 N–H and O–H groups in total. The van der Waals surface area contributed by atoms with E-state index in [4.69, 9.17) is 4.74 Å². The smallest absolute Gasteiger partial charge is 0.124 e. The van der Waals surface area contributed by atoms with Crippen LogP contribution in [0.2, 0.25) is 0 Å². The van der Waals surface area contributed by atoms with Crippen molar-refractivity contribution in [3.8, 4) is 5.75 Å². The van der Waals surface area contributed by atoms with Crippen LogP contribution in [-0.2, 0) is 5.41 Å². The van der Waals surface area contributed by atoms with Gasteiger partial charge in [0.15, 0.2) is 0 Å². The number of aliphatic hydroxyl groups excluding tert-OH is 1. The fraction of sp³-hybridized carbons (Fsp3) is 0.647. The summed E-state index contributed by atoms with van der Waals surface area (Å²) in [5.41, 5.74) is 2.22.